The van der Waals surface area contributed by atoms with E-state index < -0.39 is 0 Å². The van der Waals surface area contributed by atoms with E-state index in [9.17, 15) is 0 Å². The van der Waals surface area contributed by atoms with E-state index in [0.717, 1.165) is 27.2 Å². The molecule has 1 aromatic heterocycles. The fraction of sp³-hybridized carbons (Fsp3) is 0.182. The Bertz CT molecular complexity index is 480. The van der Waals surface area contributed by atoms with E-state index in [4.69, 9.17) is 23.2 Å². The molecule has 0 spiro atoms. The third kappa shape index (κ3) is 1.70. The van der Waals surface area contributed by atoms with E-state index in [2.05, 4.69) is 4.98 Å². The summed E-state index contributed by atoms with van der Waals surface area (Å²) in [5.41, 5.74) is 3.01. The van der Waals surface area contributed by atoms with Crippen molar-refractivity contribution in [2.75, 3.05) is 0 Å². The average Bonchev–Trinajstić information content (AvgIpc) is 2.17. The van der Waals surface area contributed by atoms with Gasteiger partial charge < -0.3 is 0 Å². The van der Waals surface area contributed by atoms with Gasteiger partial charge in [0.05, 0.1) is 5.52 Å². The molecule has 0 N–H and O–H groups in total. The van der Waals surface area contributed by atoms with Crippen LogP contribution in [-0.4, -0.2) is 4.98 Å². The highest BCUT2D eigenvalue weighted by Gasteiger charge is 2.03. The molecule has 1 heterocycles. The van der Waals surface area contributed by atoms with Crippen LogP contribution in [0, 0.1) is 6.92 Å². The zero-order valence-electron chi connectivity index (χ0n) is 7.72. The summed E-state index contributed by atoms with van der Waals surface area (Å²) in [5, 5.41) is 1.76. The van der Waals surface area contributed by atoms with Gasteiger partial charge in [0.1, 0.15) is 0 Å². The maximum Gasteiger partial charge on any atom is 0.0709 e. The number of hydrogen-bond acceptors (Lipinski definition) is 1. The lowest BCUT2D eigenvalue weighted by molar-refractivity contribution is 1.22. The number of rotatable bonds is 1. The van der Waals surface area contributed by atoms with Crippen molar-refractivity contribution in [2.45, 2.75) is 12.8 Å². The van der Waals surface area contributed by atoms with Gasteiger partial charge in [-0.05, 0) is 36.8 Å². The summed E-state index contributed by atoms with van der Waals surface area (Å²) in [5.74, 6) is 0.486. The summed E-state index contributed by atoms with van der Waals surface area (Å²) in [6, 6.07) is 7.65. The normalized spacial score (nSPS) is 10.8. The van der Waals surface area contributed by atoms with Crippen LogP contribution in [0.1, 0.15) is 11.3 Å². The second kappa shape index (κ2) is 3.76. The van der Waals surface area contributed by atoms with Crippen LogP contribution in [0.4, 0.5) is 0 Å². The van der Waals surface area contributed by atoms with Crippen LogP contribution in [0.5, 0.6) is 0 Å². The third-order valence-corrected chi connectivity index (χ3v) is 2.65. The maximum atomic E-state index is 5.92. The van der Waals surface area contributed by atoms with E-state index >= 15 is 0 Å². The van der Waals surface area contributed by atoms with Crippen LogP contribution in [0.3, 0.4) is 0 Å². The summed E-state index contributed by atoms with van der Waals surface area (Å²) < 4.78 is 0. The van der Waals surface area contributed by atoms with Crippen molar-refractivity contribution >= 4 is 34.1 Å². The third-order valence-electron chi connectivity index (χ3n) is 2.13. The van der Waals surface area contributed by atoms with Gasteiger partial charge in [-0.3, -0.25) is 4.98 Å². The number of benzene rings is 1. The second-order valence-electron chi connectivity index (χ2n) is 3.22. The number of fused-ring (bicyclic) bond motifs is 1. The van der Waals surface area contributed by atoms with Crippen molar-refractivity contribution in [1.29, 1.82) is 0 Å². The SMILES string of the molecule is Cc1cc(CCl)c2cc(Cl)ccc2n1. The molecule has 72 valence electrons. The Hall–Kier alpha value is -0.790. The maximum absolute atomic E-state index is 5.92. The van der Waals surface area contributed by atoms with Gasteiger partial charge in [0.2, 0.25) is 0 Å². The Morgan fingerprint density at radius 3 is 2.79 bits per heavy atom. The second-order valence-corrected chi connectivity index (χ2v) is 3.92. The van der Waals surface area contributed by atoms with Crippen LogP contribution in [0.2, 0.25) is 5.02 Å². The average molecular weight is 226 g/mol. The van der Waals surface area contributed by atoms with Crippen LogP contribution < -0.4 is 0 Å². The Balaban J connectivity index is 2.81. The van der Waals surface area contributed by atoms with E-state index in [1.165, 1.54) is 0 Å². The molecule has 2 aromatic rings. The molecule has 1 nitrogen and oxygen atoms in total. The molecule has 0 unspecified atom stereocenters. The van der Waals surface area contributed by atoms with E-state index in [1.54, 1.807) is 0 Å². The Morgan fingerprint density at radius 1 is 1.29 bits per heavy atom. The first-order valence-electron chi connectivity index (χ1n) is 4.32. The molecule has 0 saturated heterocycles. The van der Waals surface area contributed by atoms with Crippen molar-refractivity contribution in [3.05, 3.63) is 40.5 Å². The quantitative estimate of drug-likeness (QED) is 0.671. The number of aryl methyl sites for hydroxylation is 1. The molecule has 14 heavy (non-hydrogen) atoms. The van der Waals surface area contributed by atoms with E-state index in [0.29, 0.717) is 5.88 Å². The molecular formula is C11H9Cl2N. The predicted molar refractivity (Wildman–Crippen MR) is 61.0 cm³/mol. The van der Waals surface area contributed by atoms with Gasteiger partial charge in [0, 0.05) is 22.0 Å². The molecular weight excluding hydrogens is 217 g/mol. The Morgan fingerprint density at radius 2 is 2.07 bits per heavy atom. The molecule has 0 atom stereocenters. The van der Waals surface area contributed by atoms with Gasteiger partial charge in [-0.1, -0.05) is 11.6 Å². The molecule has 0 saturated carbocycles. The minimum absolute atomic E-state index is 0.486. The Labute approximate surface area is 92.7 Å². The lowest BCUT2D eigenvalue weighted by atomic mass is 10.1. The molecule has 0 aliphatic rings. The van der Waals surface area contributed by atoms with Crippen LogP contribution in [0.15, 0.2) is 24.3 Å². The molecule has 0 bridgehead atoms. The summed E-state index contributed by atoms with van der Waals surface area (Å²) in [4.78, 5) is 4.41. The monoisotopic (exact) mass is 225 g/mol. The number of aromatic nitrogens is 1. The fourth-order valence-electron chi connectivity index (χ4n) is 1.53. The lowest BCUT2D eigenvalue weighted by Gasteiger charge is -2.04. The summed E-state index contributed by atoms with van der Waals surface area (Å²) in [6.45, 7) is 1.96. The van der Waals surface area contributed by atoms with Gasteiger partial charge in [-0.2, -0.15) is 0 Å². The number of halogens is 2. The Kier molecular flexibility index (Phi) is 2.62. The van der Waals surface area contributed by atoms with E-state index in [1.807, 2.05) is 31.2 Å². The van der Waals surface area contributed by atoms with Gasteiger partial charge in [-0.15, -0.1) is 11.6 Å². The fourth-order valence-corrected chi connectivity index (χ4v) is 1.92. The zero-order valence-corrected chi connectivity index (χ0v) is 9.23. The molecule has 0 amide bonds. The van der Waals surface area contributed by atoms with Crippen molar-refractivity contribution in [3.8, 4) is 0 Å². The number of nitrogens with zero attached hydrogens (tertiary/aromatic N) is 1. The van der Waals surface area contributed by atoms with E-state index in [-0.39, 0.29) is 0 Å². The number of pyridine rings is 1. The largest absolute Gasteiger partial charge is 0.253 e. The van der Waals surface area contributed by atoms with Crippen LogP contribution in [-0.2, 0) is 5.88 Å². The summed E-state index contributed by atoms with van der Waals surface area (Å²) >= 11 is 11.8. The van der Waals surface area contributed by atoms with Crippen molar-refractivity contribution in [1.82, 2.24) is 4.98 Å². The molecule has 0 aliphatic heterocycles. The zero-order chi connectivity index (χ0) is 10.1. The highest BCUT2D eigenvalue weighted by atomic mass is 35.5. The van der Waals surface area contributed by atoms with Crippen LogP contribution >= 0.6 is 23.2 Å². The van der Waals surface area contributed by atoms with Gasteiger partial charge >= 0.3 is 0 Å². The molecule has 2 rings (SSSR count). The number of alkyl halides is 1. The predicted octanol–water partition coefficient (Wildman–Crippen LogP) is 3.94. The molecule has 0 fully saturated rings. The lowest BCUT2D eigenvalue weighted by Crippen LogP contribution is -1.89. The van der Waals surface area contributed by atoms with Crippen LogP contribution in [0.25, 0.3) is 10.9 Å². The standard InChI is InChI=1S/C11H9Cl2N/c1-7-4-8(6-12)10-5-9(13)2-3-11(10)14-7/h2-5H,6H2,1H3. The molecule has 0 aliphatic carbocycles. The first-order valence-corrected chi connectivity index (χ1v) is 5.23. The molecule has 1 aromatic carbocycles. The summed E-state index contributed by atoms with van der Waals surface area (Å²) in [6.07, 6.45) is 0. The van der Waals surface area contributed by atoms with Crippen molar-refractivity contribution in [3.63, 3.8) is 0 Å². The van der Waals surface area contributed by atoms with Gasteiger partial charge in [-0.25, -0.2) is 0 Å². The smallest absolute Gasteiger partial charge is 0.0709 e. The minimum atomic E-state index is 0.486. The first-order chi connectivity index (χ1) is 6.70. The molecule has 3 heteroatoms. The first kappa shape index (κ1) is 9.75. The van der Waals surface area contributed by atoms with Gasteiger partial charge in [0.25, 0.3) is 0 Å². The number of hydrogen-bond donors (Lipinski definition) is 0. The highest BCUT2D eigenvalue weighted by Crippen LogP contribution is 2.23. The summed E-state index contributed by atoms with van der Waals surface area (Å²) in [7, 11) is 0. The minimum Gasteiger partial charge on any atom is -0.253 e. The van der Waals surface area contributed by atoms with Crippen molar-refractivity contribution in [2.24, 2.45) is 0 Å². The van der Waals surface area contributed by atoms with Gasteiger partial charge in [0.15, 0.2) is 0 Å². The van der Waals surface area contributed by atoms with Crippen molar-refractivity contribution < 1.29 is 0 Å². The highest BCUT2D eigenvalue weighted by molar-refractivity contribution is 6.31. The molecule has 0 radical (unpaired) electrons. The topological polar surface area (TPSA) is 12.9 Å².